The van der Waals surface area contributed by atoms with Crippen molar-refractivity contribution in [3.63, 3.8) is 0 Å². The zero-order valence-corrected chi connectivity index (χ0v) is 36.3. The maximum Gasteiger partial charge on any atom is 0.164 e. The molecule has 13 aromatic rings. The number of furan rings is 1. The summed E-state index contributed by atoms with van der Waals surface area (Å²) in [6, 6.07) is 83.4. The number of nitrogens with zero attached hydrogens (tertiary/aromatic N) is 3. The molecular formula is C63H39N3O. The van der Waals surface area contributed by atoms with Crippen LogP contribution in [0.5, 0.6) is 0 Å². The molecule has 4 heteroatoms. The molecule has 0 aliphatic carbocycles. The first-order valence-corrected chi connectivity index (χ1v) is 22.7. The van der Waals surface area contributed by atoms with E-state index >= 15 is 0 Å². The summed E-state index contributed by atoms with van der Waals surface area (Å²) in [5.74, 6) is 1.78. The first-order valence-electron chi connectivity index (χ1n) is 22.7. The molecule has 0 radical (unpaired) electrons. The van der Waals surface area contributed by atoms with E-state index in [2.05, 4.69) is 218 Å². The molecule has 312 valence electrons. The van der Waals surface area contributed by atoms with E-state index in [1.54, 1.807) is 0 Å². The van der Waals surface area contributed by atoms with Crippen LogP contribution in [0.1, 0.15) is 0 Å². The Morgan fingerprint density at radius 1 is 0.239 bits per heavy atom. The summed E-state index contributed by atoms with van der Waals surface area (Å²) in [6.07, 6.45) is 0. The Bertz CT molecular complexity index is 3970. The summed E-state index contributed by atoms with van der Waals surface area (Å²) in [6.45, 7) is 0. The minimum Gasteiger partial charge on any atom is -0.455 e. The van der Waals surface area contributed by atoms with Crippen LogP contribution >= 0.6 is 0 Å². The number of hydrogen-bond acceptors (Lipinski definition) is 4. The maximum absolute atomic E-state index is 6.82. The van der Waals surface area contributed by atoms with Gasteiger partial charge in [0.15, 0.2) is 17.5 Å². The lowest BCUT2D eigenvalue weighted by atomic mass is 9.93. The molecule has 2 heterocycles. The summed E-state index contributed by atoms with van der Waals surface area (Å²) < 4.78 is 6.82. The standard InChI is InChI=1S/C63H39N3O/c1-3-14-40(15-4-1)42-30-34-45(35-31-42)61-64-62(48-36-37-54-52-22-8-7-20-50(52)51-21-9-10-23-53(51)57(54)39-48)66-63(65-61)56-26-13-27-58-59(56)55-25-12-24-49(60(55)67-58)44-32-28-43(29-33-44)47-19-11-18-46(38-47)41-16-5-2-6-17-41/h1-39H. The highest BCUT2D eigenvalue weighted by atomic mass is 16.3. The predicted molar refractivity (Wildman–Crippen MR) is 278 cm³/mol. The third kappa shape index (κ3) is 6.74. The fraction of sp³-hybridized carbons (Fsp3) is 0. The number of para-hydroxylation sites is 1. The highest BCUT2D eigenvalue weighted by Crippen LogP contribution is 2.42. The minimum absolute atomic E-state index is 0.580. The average Bonchev–Trinajstić information content (AvgIpc) is 3.81. The molecule has 0 N–H and O–H groups in total. The smallest absolute Gasteiger partial charge is 0.164 e. The number of hydrogen-bond donors (Lipinski definition) is 0. The van der Waals surface area contributed by atoms with Crippen LogP contribution in [-0.4, -0.2) is 15.0 Å². The Morgan fingerprint density at radius 2 is 0.657 bits per heavy atom. The Morgan fingerprint density at radius 3 is 1.31 bits per heavy atom. The summed E-state index contributed by atoms with van der Waals surface area (Å²) in [5, 5.41) is 9.21. The predicted octanol–water partition coefficient (Wildman–Crippen LogP) is 16.9. The fourth-order valence-electron chi connectivity index (χ4n) is 9.86. The molecule has 0 aliphatic heterocycles. The van der Waals surface area contributed by atoms with Gasteiger partial charge in [0.1, 0.15) is 11.2 Å². The van der Waals surface area contributed by atoms with Gasteiger partial charge in [-0.05, 0) is 89.5 Å². The molecule has 0 bridgehead atoms. The molecule has 0 aliphatic rings. The van der Waals surface area contributed by atoms with Crippen LogP contribution in [-0.2, 0) is 0 Å². The zero-order chi connectivity index (χ0) is 44.3. The third-order valence-electron chi connectivity index (χ3n) is 13.2. The Balaban J connectivity index is 0.951. The van der Waals surface area contributed by atoms with Crippen LogP contribution in [0.15, 0.2) is 241 Å². The highest BCUT2D eigenvalue weighted by molar-refractivity contribution is 6.25. The summed E-state index contributed by atoms with van der Waals surface area (Å²) in [7, 11) is 0. The first kappa shape index (κ1) is 38.5. The van der Waals surface area contributed by atoms with Crippen LogP contribution in [0.25, 0.3) is 133 Å². The molecule has 0 amide bonds. The van der Waals surface area contributed by atoms with Crippen molar-refractivity contribution in [2.75, 3.05) is 0 Å². The molecule has 0 atom stereocenters. The Labute approximate surface area is 387 Å². The van der Waals surface area contributed by atoms with Crippen LogP contribution in [0, 0.1) is 0 Å². The SMILES string of the molecule is c1ccc(-c2ccc(-c3nc(-c4ccc5c6ccccc6c6ccccc6c5c4)nc(-c4cccc5oc6c(-c7ccc(-c8cccc(-c9ccccc9)c8)cc7)cccc6c45)n3)cc2)cc1. The van der Waals surface area contributed by atoms with Crippen molar-refractivity contribution >= 4 is 54.3 Å². The Kier molecular flexibility index (Phi) is 9.14. The van der Waals surface area contributed by atoms with Gasteiger partial charge in [-0.1, -0.05) is 218 Å². The lowest BCUT2D eigenvalue weighted by Crippen LogP contribution is -2.00. The normalized spacial score (nSPS) is 11.6. The van der Waals surface area contributed by atoms with Gasteiger partial charge in [0.05, 0.1) is 0 Å². The van der Waals surface area contributed by atoms with E-state index in [4.69, 9.17) is 19.4 Å². The van der Waals surface area contributed by atoms with Gasteiger partial charge in [0.2, 0.25) is 0 Å². The van der Waals surface area contributed by atoms with E-state index < -0.39 is 0 Å². The monoisotopic (exact) mass is 853 g/mol. The van der Waals surface area contributed by atoms with Crippen molar-refractivity contribution < 1.29 is 4.42 Å². The second kappa shape index (κ2) is 15.9. The molecule has 4 nitrogen and oxygen atoms in total. The van der Waals surface area contributed by atoms with Gasteiger partial charge < -0.3 is 4.42 Å². The van der Waals surface area contributed by atoms with Crippen molar-refractivity contribution in [1.29, 1.82) is 0 Å². The van der Waals surface area contributed by atoms with Gasteiger partial charge in [0.25, 0.3) is 0 Å². The largest absolute Gasteiger partial charge is 0.455 e. The topological polar surface area (TPSA) is 51.8 Å². The van der Waals surface area contributed by atoms with E-state index in [1.165, 1.54) is 43.6 Å². The van der Waals surface area contributed by atoms with E-state index in [0.29, 0.717) is 17.5 Å². The molecule has 0 fully saturated rings. The molecule has 0 spiro atoms. The van der Waals surface area contributed by atoms with E-state index in [9.17, 15) is 0 Å². The second-order valence-electron chi connectivity index (χ2n) is 17.1. The van der Waals surface area contributed by atoms with Crippen molar-refractivity contribution in [2.24, 2.45) is 0 Å². The van der Waals surface area contributed by atoms with Crippen LogP contribution < -0.4 is 0 Å². The quantitative estimate of drug-likeness (QED) is 0.150. The average molecular weight is 854 g/mol. The van der Waals surface area contributed by atoms with Crippen molar-refractivity contribution in [2.45, 2.75) is 0 Å². The molecule has 2 aromatic heterocycles. The molecule has 0 saturated carbocycles. The third-order valence-corrected chi connectivity index (χ3v) is 13.2. The van der Waals surface area contributed by atoms with Crippen LogP contribution in [0.3, 0.4) is 0 Å². The lowest BCUT2D eigenvalue weighted by Gasteiger charge is -2.13. The summed E-state index contributed by atoms with van der Waals surface area (Å²) in [4.78, 5) is 15.8. The van der Waals surface area contributed by atoms with Crippen molar-refractivity contribution in [3.05, 3.63) is 237 Å². The molecule has 67 heavy (non-hydrogen) atoms. The van der Waals surface area contributed by atoms with Crippen LogP contribution in [0.2, 0.25) is 0 Å². The number of aromatic nitrogens is 3. The molecule has 0 saturated heterocycles. The molecule has 11 aromatic carbocycles. The van der Waals surface area contributed by atoms with E-state index in [-0.39, 0.29) is 0 Å². The van der Waals surface area contributed by atoms with Gasteiger partial charge in [0, 0.05) is 33.0 Å². The van der Waals surface area contributed by atoms with Crippen molar-refractivity contribution in [3.8, 4) is 78.7 Å². The van der Waals surface area contributed by atoms with Gasteiger partial charge in [-0.2, -0.15) is 0 Å². The summed E-state index contributed by atoms with van der Waals surface area (Å²) >= 11 is 0. The fourth-order valence-corrected chi connectivity index (χ4v) is 9.86. The number of fused-ring (bicyclic) bond motifs is 9. The molecular weight excluding hydrogens is 815 g/mol. The minimum atomic E-state index is 0.580. The number of rotatable bonds is 7. The van der Waals surface area contributed by atoms with E-state index in [0.717, 1.165) is 71.8 Å². The van der Waals surface area contributed by atoms with Gasteiger partial charge in [-0.15, -0.1) is 0 Å². The van der Waals surface area contributed by atoms with Gasteiger partial charge >= 0.3 is 0 Å². The Hall–Kier alpha value is -8.99. The van der Waals surface area contributed by atoms with Gasteiger partial charge in [-0.3, -0.25) is 0 Å². The zero-order valence-electron chi connectivity index (χ0n) is 36.3. The number of benzene rings is 11. The second-order valence-corrected chi connectivity index (χ2v) is 17.1. The lowest BCUT2D eigenvalue weighted by molar-refractivity contribution is 0.670. The van der Waals surface area contributed by atoms with E-state index in [1.807, 2.05) is 18.2 Å². The van der Waals surface area contributed by atoms with Crippen LogP contribution in [0.4, 0.5) is 0 Å². The van der Waals surface area contributed by atoms with Crippen molar-refractivity contribution in [1.82, 2.24) is 15.0 Å². The maximum atomic E-state index is 6.82. The molecule has 13 rings (SSSR count). The first-order chi connectivity index (χ1) is 33.2. The molecule has 0 unspecified atom stereocenters. The summed E-state index contributed by atoms with van der Waals surface area (Å²) in [5.41, 5.74) is 13.4. The van der Waals surface area contributed by atoms with Gasteiger partial charge in [-0.25, -0.2) is 15.0 Å². The highest BCUT2D eigenvalue weighted by Gasteiger charge is 2.20.